The third-order valence-electron chi connectivity index (χ3n) is 3.07. The van der Waals surface area contributed by atoms with E-state index in [0.717, 1.165) is 0 Å². The van der Waals surface area contributed by atoms with Crippen LogP contribution in [0.25, 0.3) is 0 Å². The van der Waals surface area contributed by atoms with Gasteiger partial charge in [0.15, 0.2) is 0 Å². The van der Waals surface area contributed by atoms with Gasteiger partial charge in [-0.15, -0.1) is 0 Å². The molecule has 1 aliphatic rings. The van der Waals surface area contributed by atoms with Crippen molar-refractivity contribution in [1.29, 1.82) is 0 Å². The molecule has 0 saturated heterocycles. The quantitative estimate of drug-likeness (QED) is 0.637. The van der Waals surface area contributed by atoms with Gasteiger partial charge in [0.05, 0.1) is 18.2 Å². The molecule has 1 aliphatic carbocycles. The highest BCUT2D eigenvalue weighted by atomic mass is 16.3. The third kappa shape index (κ3) is 3.56. The number of nitrogens with one attached hydrogen (secondary N) is 1. The maximum Gasteiger partial charge on any atom is 0.0690 e. The van der Waals surface area contributed by atoms with Crippen LogP contribution in [0.3, 0.4) is 0 Å². The summed E-state index contributed by atoms with van der Waals surface area (Å²) in [4.78, 5) is 0. The number of hydrogen-bond acceptors (Lipinski definition) is 3. The van der Waals surface area contributed by atoms with E-state index < -0.39 is 12.2 Å². The Morgan fingerprint density at radius 2 is 1.50 bits per heavy atom. The summed E-state index contributed by atoms with van der Waals surface area (Å²) < 4.78 is 0. The van der Waals surface area contributed by atoms with Crippen LogP contribution in [0.15, 0.2) is 0 Å². The monoisotopic (exact) mass is 201 g/mol. The molecule has 0 amide bonds. The first-order valence-corrected chi connectivity index (χ1v) is 5.73. The lowest BCUT2D eigenvalue weighted by Crippen LogP contribution is -2.50. The average molecular weight is 201 g/mol. The average Bonchev–Trinajstić information content (AvgIpc) is 2.15. The highest BCUT2D eigenvalue weighted by Gasteiger charge is 2.24. The molecule has 0 radical (unpaired) electrons. The highest BCUT2D eigenvalue weighted by Crippen LogP contribution is 2.18. The Morgan fingerprint density at radius 3 is 1.93 bits per heavy atom. The fourth-order valence-corrected chi connectivity index (χ4v) is 2.22. The van der Waals surface area contributed by atoms with Crippen molar-refractivity contribution in [2.45, 2.75) is 70.2 Å². The summed E-state index contributed by atoms with van der Waals surface area (Å²) in [6.45, 7) is 3.46. The van der Waals surface area contributed by atoms with Gasteiger partial charge < -0.3 is 15.5 Å². The SMILES string of the molecule is CC(O)C(NC1CCCCC1)C(C)O. The van der Waals surface area contributed by atoms with E-state index in [1.807, 2.05) is 0 Å². The number of rotatable bonds is 4. The van der Waals surface area contributed by atoms with E-state index in [1.54, 1.807) is 13.8 Å². The fraction of sp³-hybridized carbons (Fsp3) is 1.00. The van der Waals surface area contributed by atoms with Crippen molar-refractivity contribution < 1.29 is 10.2 Å². The molecule has 1 fully saturated rings. The van der Waals surface area contributed by atoms with Crippen molar-refractivity contribution in [3.05, 3.63) is 0 Å². The summed E-state index contributed by atoms with van der Waals surface area (Å²) >= 11 is 0. The molecule has 0 aromatic heterocycles. The molecular formula is C11H23NO2. The summed E-state index contributed by atoms with van der Waals surface area (Å²) in [7, 11) is 0. The number of aliphatic hydroxyl groups is 2. The zero-order valence-electron chi connectivity index (χ0n) is 9.24. The van der Waals surface area contributed by atoms with E-state index in [0.29, 0.717) is 6.04 Å². The largest absolute Gasteiger partial charge is 0.392 e. The van der Waals surface area contributed by atoms with Gasteiger partial charge in [-0.3, -0.25) is 0 Å². The van der Waals surface area contributed by atoms with Gasteiger partial charge in [0.1, 0.15) is 0 Å². The van der Waals surface area contributed by atoms with Crippen LogP contribution in [0, 0.1) is 0 Å². The lowest BCUT2D eigenvalue weighted by molar-refractivity contribution is 0.0478. The van der Waals surface area contributed by atoms with E-state index >= 15 is 0 Å². The summed E-state index contributed by atoms with van der Waals surface area (Å²) in [5.41, 5.74) is 0. The molecule has 3 heteroatoms. The van der Waals surface area contributed by atoms with Crippen LogP contribution in [0.2, 0.25) is 0 Å². The van der Waals surface area contributed by atoms with E-state index in [4.69, 9.17) is 0 Å². The van der Waals surface area contributed by atoms with Crippen molar-refractivity contribution in [3.8, 4) is 0 Å². The summed E-state index contributed by atoms with van der Waals surface area (Å²) in [5.74, 6) is 0. The van der Waals surface area contributed by atoms with E-state index in [9.17, 15) is 10.2 Å². The molecule has 3 N–H and O–H groups in total. The topological polar surface area (TPSA) is 52.5 Å². The van der Waals surface area contributed by atoms with Crippen molar-refractivity contribution in [1.82, 2.24) is 5.32 Å². The molecule has 1 saturated carbocycles. The standard InChI is InChI=1S/C11H23NO2/c1-8(13)11(9(2)14)12-10-6-4-3-5-7-10/h8-14H,3-7H2,1-2H3. The van der Waals surface area contributed by atoms with Crippen LogP contribution >= 0.6 is 0 Å². The first-order valence-electron chi connectivity index (χ1n) is 5.73. The van der Waals surface area contributed by atoms with E-state index in [2.05, 4.69) is 5.32 Å². The van der Waals surface area contributed by atoms with Crippen molar-refractivity contribution >= 4 is 0 Å². The van der Waals surface area contributed by atoms with Gasteiger partial charge in [-0.05, 0) is 26.7 Å². The Hall–Kier alpha value is -0.120. The Kier molecular flexibility index (Phi) is 4.85. The molecule has 84 valence electrons. The Balaban J connectivity index is 2.37. The third-order valence-corrected chi connectivity index (χ3v) is 3.07. The van der Waals surface area contributed by atoms with Gasteiger partial charge in [-0.25, -0.2) is 0 Å². The van der Waals surface area contributed by atoms with Crippen LogP contribution in [-0.2, 0) is 0 Å². The van der Waals surface area contributed by atoms with Gasteiger partial charge in [0.2, 0.25) is 0 Å². The summed E-state index contributed by atoms with van der Waals surface area (Å²) in [6.07, 6.45) is 5.24. The Bertz CT molecular complexity index is 145. The molecule has 0 spiro atoms. The second kappa shape index (κ2) is 5.69. The maximum absolute atomic E-state index is 9.49. The summed E-state index contributed by atoms with van der Waals surface area (Å²) in [6, 6.07) is 0.302. The smallest absolute Gasteiger partial charge is 0.0690 e. The van der Waals surface area contributed by atoms with Gasteiger partial charge in [0, 0.05) is 6.04 Å². The van der Waals surface area contributed by atoms with Gasteiger partial charge in [-0.2, -0.15) is 0 Å². The number of aliphatic hydroxyl groups excluding tert-OH is 2. The van der Waals surface area contributed by atoms with Gasteiger partial charge in [0.25, 0.3) is 0 Å². The minimum Gasteiger partial charge on any atom is -0.392 e. The Morgan fingerprint density at radius 1 is 1.00 bits per heavy atom. The highest BCUT2D eigenvalue weighted by molar-refractivity contribution is 4.83. The van der Waals surface area contributed by atoms with Crippen LogP contribution in [0.5, 0.6) is 0 Å². The zero-order valence-corrected chi connectivity index (χ0v) is 9.24. The lowest BCUT2D eigenvalue weighted by atomic mass is 9.93. The van der Waals surface area contributed by atoms with Crippen LogP contribution in [-0.4, -0.2) is 34.5 Å². The van der Waals surface area contributed by atoms with Crippen LogP contribution in [0.1, 0.15) is 46.0 Å². The molecule has 2 atom stereocenters. The van der Waals surface area contributed by atoms with Crippen LogP contribution in [0.4, 0.5) is 0 Å². The molecule has 0 heterocycles. The molecule has 3 nitrogen and oxygen atoms in total. The molecule has 0 aliphatic heterocycles. The molecule has 0 bridgehead atoms. The normalized spacial score (nSPS) is 25.7. The predicted octanol–water partition coefficient (Wildman–Crippen LogP) is 1.04. The maximum atomic E-state index is 9.49. The van der Waals surface area contributed by atoms with Crippen molar-refractivity contribution in [3.63, 3.8) is 0 Å². The number of hydrogen-bond donors (Lipinski definition) is 3. The van der Waals surface area contributed by atoms with E-state index in [1.165, 1.54) is 32.1 Å². The lowest BCUT2D eigenvalue weighted by Gasteiger charge is -2.31. The molecule has 0 aromatic rings. The van der Waals surface area contributed by atoms with Crippen molar-refractivity contribution in [2.75, 3.05) is 0 Å². The van der Waals surface area contributed by atoms with Crippen LogP contribution < -0.4 is 5.32 Å². The predicted molar refractivity (Wildman–Crippen MR) is 57.2 cm³/mol. The minimum absolute atomic E-state index is 0.182. The molecular weight excluding hydrogens is 178 g/mol. The molecule has 0 aromatic carbocycles. The summed E-state index contributed by atoms with van der Waals surface area (Å²) in [5, 5.41) is 22.3. The van der Waals surface area contributed by atoms with E-state index in [-0.39, 0.29) is 6.04 Å². The minimum atomic E-state index is -0.489. The molecule has 2 unspecified atom stereocenters. The fourth-order valence-electron chi connectivity index (χ4n) is 2.22. The zero-order chi connectivity index (χ0) is 10.6. The second-order valence-electron chi connectivity index (χ2n) is 4.51. The van der Waals surface area contributed by atoms with Gasteiger partial charge >= 0.3 is 0 Å². The van der Waals surface area contributed by atoms with Crippen molar-refractivity contribution in [2.24, 2.45) is 0 Å². The molecule has 1 rings (SSSR count). The Labute approximate surface area is 86.5 Å². The second-order valence-corrected chi connectivity index (χ2v) is 4.51. The molecule has 14 heavy (non-hydrogen) atoms. The van der Waals surface area contributed by atoms with Gasteiger partial charge in [-0.1, -0.05) is 19.3 Å². The first kappa shape index (κ1) is 12.0. The first-order chi connectivity index (χ1) is 6.61.